The minimum Gasteiger partial charge on any atom is -0.311 e. The molecule has 5 heteroatoms. The van der Waals surface area contributed by atoms with E-state index in [9.17, 15) is 0 Å². The molecule has 0 saturated heterocycles. The Labute approximate surface area is 276 Å². The monoisotopic (exact) mass is 611 g/mol. The average Bonchev–Trinajstić information content (AvgIpc) is 3.41. The van der Waals surface area contributed by atoms with Gasteiger partial charge in [-0.3, -0.25) is 0 Å². The molecule has 0 fully saturated rings. The van der Waals surface area contributed by atoms with Crippen molar-refractivity contribution in [3.05, 3.63) is 138 Å². The normalized spacial score (nSPS) is 12.0. The van der Waals surface area contributed by atoms with Crippen molar-refractivity contribution in [3.63, 3.8) is 0 Å². The van der Waals surface area contributed by atoms with Crippen LogP contribution in [-0.4, -0.2) is 19.5 Å². The summed E-state index contributed by atoms with van der Waals surface area (Å²) in [5.41, 5.74) is 8.71. The maximum Gasteiger partial charge on any atom is 0.200 e. The molecular weight excluding hydrogens is 574 g/mol. The van der Waals surface area contributed by atoms with E-state index in [0.29, 0.717) is 28.7 Å². The third kappa shape index (κ3) is 5.57. The van der Waals surface area contributed by atoms with Crippen LogP contribution >= 0.6 is 0 Å². The lowest BCUT2D eigenvalue weighted by molar-refractivity contribution is 0.590. The molecule has 2 aromatic heterocycles. The van der Waals surface area contributed by atoms with Crippen molar-refractivity contribution in [1.82, 2.24) is 19.5 Å². The first kappa shape index (κ1) is 30.1. The van der Waals surface area contributed by atoms with Gasteiger partial charge in [-0.2, -0.15) is 0 Å². The van der Waals surface area contributed by atoms with E-state index in [0.717, 1.165) is 27.8 Å². The highest BCUT2D eigenvalue weighted by Gasteiger charge is 2.22. The van der Waals surface area contributed by atoms with Gasteiger partial charge in [-0.05, 0) is 58.4 Å². The molecule has 230 valence electrons. The average molecular weight is 612 g/mol. The first-order valence-electron chi connectivity index (χ1n) is 16.0. The summed E-state index contributed by atoms with van der Waals surface area (Å²) in [5.74, 6) is 1.62. The van der Waals surface area contributed by atoms with Crippen LogP contribution in [-0.2, 0) is 10.8 Å². The zero-order valence-electron chi connectivity index (χ0n) is 27.7. The molecular formula is C42H37N5. The number of fused-ring (bicyclic) bond motifs is 3. The van der Waals surface area contributed by atoms with Crippen molar-refractivity contribution in [3.8, 4) is 39.9 Å². The molecule has 0 unspecified atom stereocenters. The third-order valence-electron chi connectivity index (χ3n) is 8.80. The van der Waals surface area contributed by atoms with Crippen molar-refractivity contribution in [2.45, 2.75) is 52.4 Å². The Morgan fingerprint density at radius 2 is 1.00 bits per heavy atom. The van der Waals surface area contributed by atoms with E-state index < -0.39 is 0 Å². The summed E-state index contributed by atoms with van der Waals surface area (Å²) in [6, 6.07) is 39.4. The molecule has 0 aliphatic heterocycles. The van der Waals surface area contributed by atoms with Crippen LogP contribution in [0, 0.1) is 6.57 Å². The van der Waals surface area contributed by atoms with Crippen LogP contribution in [0.1, 0.15) is 52.7 Å². The zero-order valence-corrected chi connectivity index (χ0v) is 27.7. The summed E-state index contributed by atoms with van der Waals surface area (Å²) < 4.78 is 2.28. The van der Waals surface area contributed by atoms with E-state index in [1.807, 2.05) is 72.8 Å². The largest absolute Gasteiger partial charge is 0.311 e. The predicted molar refractivity (Wildman–Crippen MR) is 194 cm³/mol. The molecule has 0 spiro atoms. The minimum absolute atomic E-state index is 0.0188. The van der Waals surface area contributed by atoms with E-state index in [-0.39, 0.29) is 10.8 Å². The molecule has 0 saturated carbocycles. The van der Waals surface area contributed by atoms with Crippen LogP contribution in [0.25, 0.3) is 66.5 Å². The molecule has 5 nitrogen and oxygen atoms in total. The van der Waals surface area contributed by atoms with Gasteiger partial charge in [0, 0.05) is 33.2 Å². The molecule has 0 atom stereocenters. The molecule has 0 aliphatic rings. The standard InChI is InChI=1S/C42H37N5/c1-41(2,3)29-18-22-36-33(24-29)34-25-30(42(4,5)6)19-23-37(34)47(36)31-20-21-32(35(26-31)43-7)40-45-38(27-14-10-8-11-15-27)44-39(46-40)28-16-12-9-13-17-28/h8-26H,1-6H3. The molecule has 2 heterocycles. The number of nitrogens with zero attached hydrogens (tertiary/aromatic N) is 5. The Morgan fingerprint density at radius 1 is 0.532 bits per heavy atom. The van der Waals surface area contributed by atoms with Crippen molar-refractivity contribution < 1.29 is 0 Å². The number of rotatable bonds is 4. The van der Waals surface area contributed by atoms with Crippen molar-refractivity contribution >= 4 is 27.5 Å². The van der Waals surface area contributed by atoms with Crippen LogP contribution in [0.5, 0.6) is 0 Å². The van der Waals surface area contributed by atoms with Gasteiger partial charge in [0.2, 0.25) is 0 Å². The van der Waals surface area contributed by atoms with E-state index in [1.165, 1.54) is 21.9 Å². The highest BCUT2D eigenvalue weighted by Crippen LogP contribution is 2.39. The highest BCUT2D eigenvalue weighted by atomic mass is 15.0. The zero-order chi connectivity index (χ0) is 32.9. The molecule has 47 heavy (non-hydrogen) atoms. The molecule has 5 aromatic carbocycles. The second kappa shape index (κ2) is 11.3. The number of hydrogen-bond donors (Lipinski definition) is 0. The Bertz CT molecular complexity index is 2180. The second-order valence-electron chi connectivity index (χ2n) is 14.2. The third-order valence-corrected chi connectivity index (χ3v) is 8.80. The second-order valence-corrected chi connectivity index (χ2v) is 14.2. The maximum absolute atomic E-state index is 8.26. The maximum atomic E-state index is 8.26. The van der Waals surface area contributed by atoms with Crippen LogP contribution in [0.3, 0.4) is 0 Å². The van der Waals surface area contributed by atoms with Crippen LogP contribution < -0.4 is 0 Å². The van der Waals surface area contributed by atoms with Gasteiger partial charge in [0.15, 0.2) is 23.2 Å². The van der Waals surface area contributed by atoms with E-state index in [2.05, 4.69) is 93.4 Å². The lowest BCUT2D eigenvalue weighted by Gasteiger charge is -2.19. The Morgan fingerprint density at radius 3 is 1.45 bits per heavy atom. The smallest absolute Gasteiger partial charge is 0.200 e. The van der Waals surface area contributed by atoms with E-state index in [4.69, 9.17) is 21.5 Å². The van der Waals surface area contributed by atoms with Crippen molar-refractivity contribution in [2.24, 2.45) is 0 Å². The van der Waals surface area contributed by atoms with Gasteiger partial charge >= 0.3 is 0 Å². The molecule has 0 aliphatic carbocycles. The molecule has 0 N–H and O–H groups in total. The van der Waals surface area contributed by atoms with Gasteiger partial charge in [0.05, 0.1) is 17.6 Å². The van der Waals surface area contributed by atoms with Crippen LogP contribution in [0.15, 0.2) is 115 Å². The minimum atomic E-state index is 0.0188. The highest BCUT2D eigenvalue weighted by molar-refractivity contribution is 6.10. The summed E-state index contributed by atoms with van der Waals surface area (Å²) in [7, 11) is 0. The fourth-order valence-corrected chi connectivity index (χ4v) is 6.10. The quantitative estimate of drug-likeness (QED) is 0.186. The first-order valence-corrected chi connectivity index (χ1v) is 16.0. The molecule has 7 aromatic rings. The Hall–Kier alpha value is -5.60. The fraction of sp³-hybridized carbons (Fsp3) is 0.190. The summed E-state index contributed by atoms with van der Waals surface area (Å²) in [4.78, 5) is 18.6. The predicted octanol–water partition coefficient (Wildman–Crippen LogP) is 11.1. The summed E-state index contributed by atoms with van der Waals surface area (Å²) >= 11 is 0. The van der Waals surface area contributed by atoms with E-state index >= 15 is 0 Å². The SMILES string of the molecule is [C-]#[N+]c1cc(-n2c3ccc(C(C)(C)C)cc3c3cc(C(C)(C)C)ccc32)ccc1-c1nc(-c2ccccc2)nc(-c2ccccc2)n1. The van der Waals surface area contributed by atoms with Crippen LogP contribution in [0.4, 0.5) is 5.69 Å². The Balaban J connectivity index is 1.44. The van der Waals surface area contributed by atoms with Gasteiger partial charge in [0.25, 0.3) is 0 Å². The summed E-state index contributed by atoms with van der Waals surface area (Å²) in [6.07, 6.45) is 0. The van der Waals surface area contributed by atoms with E-state index in [1.54, 1.807) is 0 Å². The molecule has 0 bridgehead atoms. The first-order chi connectivity index (χ1) is 22.5. The van der Waals surface area contributed by atoms with Crippen molar-refractivity contribution in [1.29, 1.82) is 0 Å². The van der Waals surface area contributed by atoms with Crippen molar-refractivity contribution in [2.75, 3.05) is 0 Å². The fourth-order valence-electron chi connectivity index (χ4n) is 6.10. The number of aromatic nitrogens is 4. The Kier molecular flexibility index (Phi) is 7.25. The topological polar surface area (TPSA) is 48.0 Å². The molecule has 7 rings (SSSR count). The van der Waals surface area contributed by atoms with Crippen LogP contribution in [0.2, 0.25) is 0 Å². The molecule has 0 amide bonds. The van der Waals surface area contributed by atoms with Gasteiger partial charge in [0.1, 0.15) is 0 Å². The summed E-state index contributed by atoms with van der Waals surface area (Å²) in [6.45, 7) is 21.8. The van der Waals surface area contributed by atoms with Gasteiger partial charge in [-0.1, -0.05) is 120 Å². The van der Waals surface area contributed by atoms with Gasteiger partial charge < -0.3 is 4.57 Å². The lowest BCUT2D eigenvalue weighted by Crippen LogP contribution is -2.10. The lowest BCUT2D eigenvalue weighted by atomic mass is 9.85. The van der Waals surface area contributed by atoms with Gasteiger partial charge in [-0.25, -0.2) is 19.8 Å². The molecule has 0 radical (unpaired) electrons. The number of benzene rings is 5. The van der Waals surface area contributed by atoms with Gasteiger partial charge in [-0.15, -0.1) is 0 Å². The summed E-state index contributed by atoms with van der Waals surface area (Å²) in [5, 5.41) is 2.42. The number of hydrogen-bond acceptors (Lipinski definition) is 3.